The topological polar surface area (TPSA) is 69.7 Å². The van der Waals surface area contributed by atoms with Gasteiger partial charge in [-0.1, -0.05) is 36.4 Å². The number of carbonyl (C=O) groups is 1. The summed E-state index contributed by atoms with van der Waals surface area (Å²) in [4.78, 5) is 15.3. The fourth-order valence-electron chi connectivity index (χ4n) is 3.74. The van der Waals surface area contributed by atoms with Crippen LogP contribution in [0.5, 0.6) is 0 Å². The number of amides is 1. The van der Waals surface area contributed by atoms with E-state index in [2.05, 4.69) is 28.4 Å². The number of fused-ring (bicyclic) bond motifs is 1. The number of nitrogens with one attached hydrogen (secondary N) is 1. The van der Waals surface area contributed by atoms with Gasteiger partial charge >= 0.3 is 0 Å². The van der Waals surface area contributed by atoms with Crippen LogP contribution in [-0.4, -0.2) is 39.3 Å². The summed E-state index contributed by atoms with van der Waals surface area (Å²) in [6.45, 7) is 1.65. The molecule has 1 aliphatic heterocycles. The van der Waals surface area contributed by atoms with Gasteiger partial charge in [0.1, 0.15) is 0 Å². The number of benzene rings is 3. The van der Waals surface area contributed by atoms with E-state index in [1.54, 1.807) is 0 Å². The molecule has 0 fully saturated rings. The van der Waals surface area contributed by atoms with Crippen molar-refractivity contribution in [3.8, 4) is 0 Å². The lowest BCUT2D eigenvalue weighted by atomic mass is 10.1. The molecule has 0 radical (unpaired) electrons. The molecule has 0 aliphatic carbocycles. The summed E-state index contributed by atoms with van der Waals surface area (Å²) < 4.78 is 25.6. The maximum Gasteiger partial charge on any atom is 0.255 e. The Labute approximate surface area is 183 Å². The van der Waals surface area contributed by atoms with E-state index in [0.717, 1.165) is 28.5 Å². The summed E-state index contributed by atoms with van der Waals surface area (Å²) in [6, 6.07) is 22.1. The third-order valence-electron chi connectivity index (χ3n) is 5.51. The molecular weight excluding hydrogens is 410 g/mol. The standard InChI is InChI=1S/C24H25N3O3S/c1-26(2)31(29,30)21-13-11-19(12-14-21)24(28)25-22-9-5-3-8-20(22)17-27-16-15-18-7-4-6-10-23(18)27/h3-14H,15-17H2,1-2H3,(H,25,28). The number of hydrogen-bond donors (Lipinski definition) is 1. The van der Waals surface area contributed by atoms with Gasteiger partial charge in [0.15, 0.2) is 0 Å². The van der Waals surface area contributed by atoms with Gasteiger partial charge in [-0.2, -0.15) is 0 Å². The molecule has 160 valence electrons. The largest absolute Gasteiger partial charge is 0.367 e. The maximum absolute atomic E-state index is 12.8. The first-order chi connectivity index (χ1) is 14.9. The minimum atomic E-state index is -3.53. The van der Waals surface area contributed by atoms with Crippen LogP contribution < -0.4 is 10.2 Å². The molecule has 6 nitrogen and oxygen atoms in total. The second-order valence-corrected chi connectivity index (χ2v) is 9.88. The lowest BCUT2D eigenvalue weighted by molar-refractivity contribution is 0.102. The number of para-hydroxylation sites is 2. The predicted octanol–water partition coefficient (Wildman–Crippen LogP) is 3.75. The number of nitrogens with zero attached hydrogens (tertiary/aromatic N) is 2. The van der Waals surface area contributed by atoms with Crippen LogP contribution in [-0.2, 0) is 23.0 Å². The number of rotatable bonds is 6. The maximum atomic E-state index is 12.8. The smallest absolute Gasteiger partial charge is 0.255 e. The van der Waals surface area contributed by atoms with Crippen molar-refractivity contribution in [2.24, 2.45) is 0 Å². The van der Waals surface area contributed by atoms with Crippen molar-refractivity contribution >= 4 is 27.3 Å². The van der Waals surface area contributed by atoms with Crippen LogP contribution in [0.4, 0.5) is 11.4 Å². The first kappa shape index (κ1) is 21.1. The molecule has 1 N–H and O–H groups in total. The molecule has 0 unspecified atom stereocenters. The Kier molecular flexibility index (Phi) is 5.80. The minimum Gasteiger partial charge on any atom is -0.367 e. The van der Waals surface area contributed by atoms with Crippen LogP contribution >= 0.6 is 0 Å². The van der Waals surface area contributed by atoms with Crippen molar-refractivity contribution in [2.75, 3.05) is 30.9 Å². The second-order valence-electron chi connectivity index (χ2n) is 7.72. The van der Waals surface area contributed by atoms with E-state index in [4.69, 9.17) is 0 Å². The number of hydrogen-bond acceptors (Lipinski definition) is 4. The summed E-state index contributed by atoms with van der Waals surface area (Å²) in [7, 11) is -0.571. The molecule has 4 rings (SSSR count). The van der Waals surface area contributed by atoms with Crippen molar-refractivity contribution in [2.45, 2.75) is 17.9 Å². The first-order valence-corrected chi connectivity index (χ1v) is 11.5. The van der Waals surface area contributed by atoms with Gasteiger partial charge < -0.3 is 10.2 Å². The Morgan fingerprint density at radius 2 is 1.65 bits per heavy atom. The third-order valence-corrected chi connectivity index (χ3v) is 7.33. The van der Waals surface area contributed by atoms with Gasteiger partial charge in [-0.25, -0.2) is 12.7 Å². The number of sulfonamides is 1. The second kappa shape index (κ2) is 8.53. The highest BCUT2D eigenvalue weighted by Crippen LogP contribution is 2.30. The van der Waals surface area contributed by atoms with E-state index < -0.39 is 10.0 Å². The molecule has 7 heteroatoms. The van der Waals surface area contributed by atoms with Crippen molar-refractivity contribution < 1.29 is 13.2 Å². The fourth-order valence-corrected chi connectivity index (χ4v) is 4.64. The van der Waals surface area contributed by atoms with Crippen LogP contribution in [0.3, 0.4) is 0 Å². The monoisotopic (exact) mass is 435 g/mol. The molecule has 0 spiro atoms. The Bertz CT molecular complexity index is 1200. The van der Waals surface area contributed by atoms with Gasteiger partial charge in [0.05, 0.1) is 4.90 Å². The van der Waals surface area contributed by atoms with E-state index in [9.17, 15) is 13.2 Å². The zero-order valence-electron chi connectivity index (χ0n) is 17.6. The Hall–Kier alpha value is -3.16. The molecular formula is C24H25N3O3S. The quantitative estimate of drug-likeness (QED) is 0.640. The van der Waals surface area contributed by atoms with E-state index in [1.807, 2.05) is 30.3 Å². The van der Waals surface area contributed by atoms with Crippen LogP contribution in [0.15, 0.2) is 77.7 Å². The van der Waals surface area contributed by atoms with Crippen LogP contribution in [0.2, 0.25) is 0 Å². The molecule has 3 aromatic carbocycles. The van der Waals surface area contributed by atoms with Crippen molar-refractivity contribution in [1.82, 2.24) is 4.31 Å². The Morgan fingerprint density at radius 1 is 0.968 bits per heavy atom. The SMILES string of the molecule is CN(C)S(=O)(=O)c1ccc(C(=O)Nc2ccccc2CN2CCc3ccccc32)cc1. The summed E-state index contributed by atoms with van der Waals surface area (Å²) in [5.74, 6) is -0.275. The van der Waals surface area contributed by atoms with E-state index >= 15 is 0 Å². The molecule has 0 bridgehead atoms. The Morgan fingerprint density at radius 3 is 2.39 bits per heavy atom. The van der Waals surface area contributed by atoms with E-state index in [-0.39, 0.29) is 10.8 Å². The summed E-state index contributed by atoms with van der Waals surface area (Å²) >= 11 is 0. The average molecular weight is 436 g/mol. The summed E-state index contributed by atoms with van der Waals surface area (Å²) in [6.07, 6.45) is 1.02. The summed E-state index contributed by atoms with van der Waals surface area (Å²) in [5, 5.41) is 2.98. The van der Waals surface area contributed by atoms with Crippen LogP contribution in [0, 0.1) is 0 Å². The fraction of sp³-hybridized carbons (Fsp3) is 0.208. The van der Waals surface area contributed by atoms with Gasteiger partial charge in [0.25, 0.3) is 5.91 Å². The summed E-state index contributed by atoms with van der Waals surface area (Å²) in [5.41, 5.74) is 4.76. The third kappa shape index (κ3) is 4.33. The van der Waals surface area contributed by atoms with Crippen LogP contribution in [0.1, 0.15) is 21.5 Å². The zero-order chi connectivity index (χ0) is 22.0. The zero-order valence-corrected chi connectivity index (χ0v) is 18.4. The van der Waals surface area contributed by atoms with Crippen molar-refractivity contribution in [1.29, 1.82) is 0 Å². The highest BCUT2D eigenvalue weighted by Gasteiger charge is 2.20. The van der Waals surface area contributed by atoms with Gasteiger partial charge in [-0.3, -0.25) is 4.79 Å². The normalized spacial score (nSPS) is 13.3. The Balaban J connectivity index is 1.51. The molecule has 0 saturated heterocycles. The molecule has 0 atom stereocenters. The van der Waals surface area contributed by atoms with Gasteiger partial charge in [0, 0.05) is 44.1 Å². The highest BCUT2D eigenvalue weighted by atomic mass is 32.2. The number of carbonyl (C=O) groups excluding carboxylic acids is 1. The lowest BCUT2D eigenvalue weighted by Gasteiger charge is -2.21. The molecule has 0 aromatic heterocycles. The molecule has 1 aliphatic rings. The molecule has 1 heterocycles. The first-order valence-electron chi connectivity index (χ1n) is 10.1. The lowest BCUT2D eigenvalue weighted by Crippen LogP contribution is -2.22. The van der Waals surface area contributed by atoms with Gasteiger partial charge in [0.2, 0.25) is 10.0 Å². The van der Waals surface area contributed by atoms with Crippen molar-refractivity contribution in [3.63, 3.8) is 0 Å². The van der Waals surface area contributed by atoms with E-state index in [1.165, 1.54) is 49.6 Å². The molecule has 3 aromatic rings. The van der Waals surface area contributed by atoms with Gasteiger partial charge in [-0.15, -0.1) is 0 Å². The molecule has 1 amide bonds. The predicted molar refractivity (Wildman–Crippen MR) is 123 cm³/mol. The molecule has 31 heavy (non-hydrogen) atoms. The van der Waals surface area contributed by atoms with Crippen molar-refractivity contribution in [3.05, 3.63) is 89.5 Å². The van der Waals surface area contributed by atoms with Gasteiger partial charge in [-0.05, 0) is 53.9 Å². The molecule has 0 saturated carbocycles. The minimum absolute atomic E-state index is 0.155. The average Bonchev–Trinajstić information content (AvgIpc) is 3.18. The van der Waals surface area contributed by atoms with E-state index in [0.29, 0.717) is 12.1 Å². The number of anilines is 2. The van der Waals surface area contributed by atoms with Crippen LogP contribution in [0.25, 0.3) is 0 Å². The highest BCUT2D eigenvalue weighted by molar-refractivity contribution is 7.89.